The highest BCUT2D eigenvalue weighted by molar-refractivity contribution is 6.33. The van der Waals surface area contributed by atoms with E-state index in [0.717, 1.165) is 33.9 Å². The van der Waals surface area contributed by atoms with Crippen LogP contribution < -0.4 is 5.32 Å². The van der Waals surface area contributed by atoms with Crippen molar-refractivity contribution >= 4 is 28.8 Å². The maximum absolute atomic E-state index is 12.3. The molecule has 0 saturated heterocycles. The van der Waals surface area contributed by atoms with Gasteiger partial charge in [-0.25, -0.2) is 9.50 Å². The van der Waals surface area contributed by atoms with Gasteiger partial charge in [0.2, 0.25) is 5.91 Å². The van der Waals surface area contributed by atoms with Crippen molar-refractivity contribution in [3.63, 3.8) is 0 Å². The second-order valence-corrected chi connectivity index (χ2v) is 6.76. The van der Waals surface area contributed by atoms with Crippen molar-refractivity contribution in [2.45, 2.75) is 40.5 Å². The first-order valence-corrected chi connectivity index (χ1v) is 8.61. The smallest absolute Gasteiger partial charge is 0.224 e. The Morgan fingerprint density at radius 1 is 1.20 bits per heavy atom. The molecule has 0 aliphatic heterocycles. The normalized spacial score (nSPS) is 11.1. The van der Waals surface area contributed by atoms with Gasteiger partial charge < -0.3 is 5.32 Å². The number of hydrogen-bond donors (Lipinski definition) is 1. The molecule has 0 saturated carbocycles. The van der Waals surface area contributed by atoms with Gasteiger partial charge in [-0.2, -0.15) is 5.10 Å². The maximum Gasteiger partial charge on any atom is 0.224 e. The molecule has 2 aromatic heterocycles. The molecule has 1 amide bonds. The Morgan fingerprint density at radius 2 is 1.96 bits per heavy atom. The van der Waals surface area contributed by atoms with Gasteiger partial charge in [0.1, 0.15) is 0 Å². The van der Waals surface area contributed by atoms with Crippen molar-refractivity contribution in [2.75, 3.05) is 5.32 Å². The lowest BCUT2D eigenvalue weighted by atomic mass is 10.1. The monoisotopic (exact) mass is 356 g/mol. The topological polar surface area (TPSA) is 59.3 Å². The molecule has 1 N–H and O–H groups in total. The summed E-state index contributed by atoms with van der Waals surface area (Å²) >= 11 is 6.17. The van der Waals surface area contributed by atoms with Gasteiger partial charge in [-0.3, -0.25) is 4.79 Å². The highest BCUT2D eigenvalue weighted by atomic mass is 35.5. The molecule has 0 radical (unpaired) electrons. The summed E-state index contributed by atoms with van der Waals surface area (Å²) < 4.78 is 1.84. The number of halogens is 1. The number of hydrogen-bond acceptors (Lipinski definition) is 3. The van der Waals surface area contributed by atoms with E-state index in [1.54, 1.807) is 0 Å². The quantitative estimate of drug-likeness (QED) is 0.762. The molecule has 3 aromatic rings. The van der Waals surface area contributed by atoms with Crippen molar-refractivity contribution in [1.82, 2.24) is 14.6 Å². The molecular weight excluding hydrogens is 336 g/mol. The SMILES string of the molecule is Cc1ccc(NC(=O)CCc2c(C)nc3cc(C)nn3c2C)c(Cl)c1. The van der Waals surface area contributed by atoms with E-state index in [9.17, 15) is 4.79 Å². The fraction of sp³-hybridized carbons (Fsp3) is 0.316. The molecule has 25 heavy (non-hydrogen) atoms. The zero-order valence-corrected chi connectivity index (χ0v) is 15.6. The van der Waals surface area contributed by atoms with E-state index < -0.39 is 0 Å². The van der Waals surface area contributed by atoms with Crippen molar-refractivity contribution in [3.05, 3.63) is 57.5 Å². The van der Waals surface area contributed by atoms with E-state index in [0.29, 0.717) is 23.6 Å². The second-order valence-electron chi connectivity index (χ2n) is 6.35. The maximum atomic E-state index is 12.3. The van der Waals surface area contributed by atoms with E-state index >= 15 is 0 Å². The van der Waals surface area contributed by atoms with Gasteiger partial charge in [-0.15, -0.1) is 0 Å². The van der Waals surface area contributed by atoms with Crippen molar-refractivity contribution in [3.8, 4) is 0 Å². The Balaban J connectivity index is 1.74. The third kappa shape index (κ3) is 3.66. The summed E-state index contributed by atoms with van der Waals surface area (Å²) in [7, 11) is 0. The number of benzene rings is 1. The molecule has 5 nitrogen and oxygen atoms in total. The molecule has 0 bridgehead atoms. The molecular formula is C19H21ClN4O. The summed E-state index contributed by atoms with van der Waals surface area (Å²) in [6.07, 6.45) is 0.966. The molecule has 0 atom stereocenters. The molecule has 0 aliphatic rings. The standard InChI is InChI=1S/C19H21ClN4O/c1-11-5-7-17(16(20)9-11)22-19(25)8-6-15-13(3)21-18-10-12(2)23-24(18)14(15)4/h5,7,9-10H,6,8H2,1-4H3,(H,22,25). The van der Waals surface area contributed by atoms with Crippen LogP contribution in [0.1, 0.15) is 34.6 Å². The molecule has 0 aliphatic carbocycles. The lowest BCUT2D eigenvalue weighted by Crippen LogP contribution is -2.14. The number of anilines is 1. The third-order valence-electron chi connectivity index (χ3n) is 4.29. The average Bonchev–Trinajstić information content (AvgIpc) is 2.90. The van der Waals surface area contributed by atoms with E-state index in [4.69, 9.17) is 11.6 Å². The minimum atomic E-state index is -0.0682. The van der Waals surface area contributed by atoms with Crippen LogP contribution >= 0.6 is 11.6 Å². The van der Waals surface area contributed by atoms with E-state index in [2.05, 4.69) is 15.4 Å². The summed E-state index contributed by atoms with van der Waals surface area (Å²) in [6.45, 7) is 7.89. The molecule has 3 rings (SSSR count). The van der Waals surface area contributed by atoms with Gasteiger partial charge in [0.25, 0.3) is 0 Å². The Kier molecular flexibility index (Phi) is 4.77. The molecule has 0 spiro atoms. The predicted octanol–water partition coefficient (Wildman–Crippen LogP) is 4.19. The first-order chi connectivity index (χ1) is 11.8. The Bertz CT molecular complexity index is 962. The van der Waals surface area contributed by atoms with Crippen molar-refractivity contribution in [2.24, 2.45) is 0 Å². The van der Waals surface area contributed by atoms with Crippen LogP contribution in [0.15, 0.2) is 24.3 Å². The van der Waals surface area contributed by atoms with E-state index in [1.165, 1.54) is 0 Å². The zero-order valence-electron chi connectivity index (χ0n) is 14.9. The number of nitrogens with zero attached hydrogens (tertiary/aromatic N) is 3. The van der Waals surface area contributed by atoms with Crippen LogP contribution in [0, 0.1) is 27.7 Å². The van der Waals surface area contributed by atoms with Gasteiger partial charge in [0.15, 0.2) is 5.65 Å². The summed E-state index contributed by atoms with van der Waals surface area (Å²) in [6, 6.07) is 7.54. The van der Waals surface area contributed by atoms with Gasteiger partial charge in [-0.1, -0.05) is 17.7 Å². The fourth-order valence-corrected chi connectivity index (χ4v) is 3.26. The van der Waals surface area contributed by atoms with Gasteiger partial charge in [0, 0.05) is 23.9 Å². The largest absolute Gasteiger partial charge is 0.325 e. The van der Waals surface area contributed by atoms with Crippen molar-refractivity contribution < 1.29 is 4.79 Å². The lowest BCUT2D eigenvalue weighted by Gasteiger charge is -2.12. The number of nitrogens with one attached hydrogen (secondary N) is 1. The predicted molar refractivity (Wildman–Crippen MR) is 100 cm³/mol. The van der Waals surface area contributed by atoms with Gasteiger partial charge in [-0.05, 0) is 57.4 Å². The third-order valence-corrected chi connectivity index (χ3v) is 4.60. The Labute approximate surface area is 152 Å². The first kappa shape index (κ1) is 17.4. The van der Waals surface area contributed by atoms with Gasteiger partial charge >= 0.3 is 0 Å². The van der Waals surface area contributed by atoms with Crippen LogP contribution in [-0.2, 0) is 11.2 Å². The summed E-state index contributed by atoms with van der Waals surface area (Å²) in [5, 5.41) is 7.89. The number of carbonyl (C=O) groups excluding carboxylic acids is 1. The number of aromatic nitrogens is 3. The number of aryl methyl sites for hydroxylation is 4. The number of amides is 1. The highest BCUT2D eigenvalue weighted by Crippen LogP contribution is 2.23. The molecule has 6 heteroatoms. The minimum Gasteiger partial charge on any atom is -0.325 e. The number of fused-ring (bicyclic) bond motifs is 1. The summed E-state index contributed by atoms with van der Waals surface area (Å²) in [4.78, 5) is 16.9. The fourth-order valence-electron chi connectivity index (χ4n) is 2.98. The highest BCUT2D eigenvalue weighted by Gasteiger charge is 2.13. The molecule has 0 fully saturated rings. The van der Waals surface area contributed by atoms with Crippen LogP contribution in [0.2, 0.25) is 5.02 Å². The van der Waals surface area contributed by atoms with Crippen LogP contribution in [0.4, 0.5) is 5.69 Å². The van der Waals surface area contributed by atoms with Crippen LogP contribution in [0.3, 0.4) is 0 Å². The number of carbonyl (C=O) groups is 1. The molecule has 0 unspecified atom stereocenters. The van der Waals surface area contributed by atoms with Crippen LogP contribution in [-0.4, -0.2) is 20.5 Å². The molecule has 1 aromatic carbocycles. The Morgan fingerprint density at radius 3 is 2.68 bits per heavy atom. The first-order valence-electron chi connectivity index (χ1n) is 8.23. The van der Waals surface area contributed by atoms with E-state index in [-0.39, 0.29) is 5.91 Å². The second kappa shape index (κ2) is 6.84. The van der Waals surface area contributed by atoms with E-state index in [1.807, 2.05) is 56.5 Å². The summed E-state index contributed by atoms with van der Waals surface area (Å²) in [5.41, 5.74) is 6.49. The molecule has 2 heterocycles. The molecule has 130 valence electrons. The van der Waals surface area contributed by atoms with Crippen molar-refractivity contribution in [1.29, 1.82) is 0 Å². The van der Waals surface area contributed by atoms with Gasteiger partial charge in [0.05, 0.1) is 16.4 Å². The zero-order chi connectivity index (χ0) is 18.1. The lowest BCUT2D eigenvalue weighted by molar-refractivity contribution is -0.116. The van der Waals surface area contributed by atoms with Crippen LogP contribution in [0.5, 0.6) is 0 Å². The van der Waals surface area contributed by atoms with Crippen LogP contribution in [0.25, 0.3) is 5.65 Å². The Hall–Kier alpha value is -2.40. The summed E-state index contributed by atoms with van der Waals surface area (Å²) in [5.74, 6) is -0.0682. The average molecular weight is 357 g/mol. The minimum absolute atomic E-state index is 0.0682. The number of rotatable bonds is 4.